The zero-order chi connectivity index (χ0) is 16.8. The second-order valence-corrected chi connectivity index (χ2v) is 8.82. The molecule has 1 atom stereocenters. The van der Waals surface area contributed by atoms with Crippen molar-refractivity contribution in [3.63, 3.8) is 0 Å². The van der Waals surface area contributed by atoms with E-state index in [4.69, 9.17) is 11.6 Å². The molecule has 122 valence electrons. The summed E-state index contributed by atoms with van der Waals surface area (Å²) in [6, 6.07) is 3.43. The van der Waals surface area contributed by atoms with Gasteiger partial charge in [-0.3, -0.25) is 4.79 Å². The van der Waals surface area contributed by atoms with Crippen molar-refractivity contribution in [3.8, 4) is 0 Å². The van der Waals surface area contributed by atoms with Gasteiger partial charge in [-0.05, 0) is 26.0 Å². The zero-order valence-electron chi connectivity index (χ0n) is 12.6. The highest BCUT2D eigenvalue weighted by atomic mass is 35.5. The van der Waals surface area contributed by atoms with Gasteiger partial charge in [0.05, 0.1) is 10.9 Å². The molecule has 0 saturated carbocycles. The van der Waals surface area contributed by atoms with Gasteiger partial charge >= 0.3 is 0 Å². The van der Waals surface area contributed by atoms with E-state index in [1.54, 1.807) is 30.1 Å². The van der Waals surface area contributed by atoms with E-state index < -0.39 is 0 Å². The summed E-state index contributed by atoms with van der Waals surface area (Å²) < 4.78 is 1.63. The van der Waals surface area contributed by atoms with E-state index in [-0.39, 0.29) is 16.3 Å². The van der Waals surface area contributed by atoms with E-state index in [0.717, 1.165) is 20.0 Å². The minimum absolute atomic E-state index is 0.156. The van der Waals surface area contributed by atoms with Crippen molar-refractivity contribution in [2.45, 2.75) is 27.8 Å². The lowest BCUT2D eigenvalue weighted by Crippen LogP contribution is -2.22. The van der Waals surface area contributed by atoms with Crippen molar-refractivity contribution >= 4 is 58.1 Å². The fraction of sp³-hybridized carbons (Fsp3) is 0.286. The molecule has 5 nitrogen and oxygen atoms in total. The van der Waals surface area contributed by atoms with Gasteiger partial charge in [-0.25, -0.2) is 4.98 Å². The molecule has 0 aliphatic rings. The Morgan fingerprint density at radius 3 is 2.91 bits per heavy atom. The maximum atomic E-state index is 12.2. The highest BCUT2D eigenvalue weighted by molar-refractivity contribution is 8.04. The van der Waals surface area contributed by atoms with Crippen LogP contribution in [0.3, 0.4) is 0 Å². The summed E-state index contributed by atoms with van der Waals surface area (Å²) in [7, 11) is 0. The number of hydrogen-bond donors (Lipinski definition) is 1. The molecule has 1 N–H and O–H groups in total. The standard InChI is InChI=1S/C14H15ClN4OS3/c1-8(2)7-21-13-18-19-14(23-13)22-9(3)12(20)17-10-5-4-6-16-11(10)15/h4-6,9H,1,7H2,2-3H3,(H,17,20)/t9-/m1/s1. The second kappa shape index (κ2) is 8.68. The van der Waals surface area contributed by atoms with E-state index in [0.29, 0.717) is 5.69 Å². The van der Waals surface area contributed by atoms with Crippen molar-refractivity contribution in [1.82, 2.24) is 15.2 Å². The summed E-state index contributed by atoms with van der Waals surface area (Å²) in [6.45, 7) is 7.64. The van der Waals surface area contributed by atoms with E-state index in [2.05, 4.69) is 27.1 Å². The number of rotatable bonds is 7. The van der Waals surface area contributed by atoms with Gasteiger partial charge in [0.1, 0.15) is 0 Å². The lowest BCUT2D eigenvalue weighted by molar-refractivity contribution is -0.115. The topological polar surface area (TPSA) is 67.8 Å². The van der Waals surface area contributed by atoms with Crippen LogP contribution in [0.4, 0.5) is 5.69 Å². The molecule has 0 radical (unpaired) electrons. The minimum atomic E-state index is -0.321. The molecule has 0 bridgehead atoms. The summed E-state index contributed by atoms with van der Waals surface area (Å²) >= 11 is 10.4. The van der Waals surface area contributed by atoms with Crippen LogP contribution < -0.4 is 5.32 Å². The number of carbonyl (C=O) groups is 1. The molecule has 0 saturated heterocycles. The van der Waals surface area contributed by atoms with Gasteiger partial charge in [0.15, 0.2) is 13.8 Å². The smallest absolute Gasteiger partial charge is 0.237 e. The highest BCUT2D eigenvalue weighted by Gasteiger charge is 2.18. The molecule has 0 aliphatic heterocycles. The first-order chi connectivity index (χ1) is 11.0. The van der Waals surface area contributed by atoms with Crippen LogP contribution in [0.1, 0.15) is 13.8 Å². The van der Waals surface area contributed by atoms with E-state index in [9.17, 15) is 4.79 Å². The van der Waals surface area contributed by atoms with Gasteiger partial charge in [0.2, 0.25) is 5.91 Å². The van der Waals surface area contributed by atoms with Crippen LogP contribution in [-0.4, -0.2) is 32.1 Å². The Bertz CT molecular complexity index is 707. The van der Waals surface area contributed by atoms with Crippen molar-refractivity contribution in [2.24, 2.45) is 0 Å². The van der Waals surface area contributed by atoms with Crippen LogP contribution in [0.25, 0.3) is 0 Å². The zero-order valence-corrected chi connectivity index (χ0v) is 15.8. The fourth-order valence-corrected chi connectivity index (χ4v) is 4.58. The average Bonchev–Trinajstić information content (AvgIpc) is 2.95. The van der Waals surface area contributed by atoms with E-state index in [1.165, 1.54) is 23.1 Å². The Kier molecular flexibility index (Phi) is 6.88. The molecule has 2 aromatic heterocycles. The number of amides is 1. The van der Waals surface area contributed by atoms with E-state index >= 15 is 0 Å². The van der Waals surface area contributed by atoms with Gasteiger partial charge in [0, 0.05) is 11.9 Å². The minimum Gasteiger partial charge on any atom is -0.322 e. The molecule has 2 aromatic rings. The number of thioether (sulfide) groups is 2. The van der Waals surface area contributed by atoms with Crippen LogP contribution in [0.15, 0.2) is 39.2 Å². The highest BCUT2D eigenvalue weighted by Crippen LogP contribution is 2.32. The first-order valence-electron chi connectivity index (χ1n) is 6.64. The number of nitrogens with zero attached hydrogens (tertiary/aromatic N) is 3. The van der Waals surface area contributed by atoms with Crippen molar-refractivity contribution < 1.29 is 4.79 Å². The molecule has 0 spiro atoms. The third-order valence-corrected chi connectivity index (χ3v) is 6.27. The van der Waals surface area contributed by atoms with Crippen LogP contribution in [-0.2, 0) is 4.79 Å². The molecule has 2 heterocycles. The fourth-order valence-electron chi connectivity index (χ4n) is 1.41. The number of nitrogens with one attached hydrogen (secondary N) is 1. The summed E-state index contributed by atoms with van der Waals surface area (Å²) in [5.41, 5.74) is 1.59. The first kappa shape index (κ1) is 18.3. The predicted octanol–water partition coefficient (Wildman–Crippen LogP) is 4.37. The maximum absolute atomic E-state index is 12.2. The number of hydrogen-bond acceptors (Lipinski definition) is 7. The van der Waals surface area contributed by atoms with Crippen LogP contribution >= 0.6 is 46.5 Å². The Morgan fingerprint density at radius 2 is 2.22 bits per heavy atom. The molecule has 0 aliphatic carbocycles. The lowest BCUT2D eigenvalue weighted by atomic mass is 10.4. The van der Waals surface area contributed by atoms with Gasteiger partial charge in [-0.2, -0.15) is 0 Å². The Balaban J connectivity index is 1.91. The SMILES string of the molecule is C=C(C)CSc1nnc(S[C@H](C)C(=O)Nc2cccnc2Cl)s1. The van der Waals surface area contributed by atoms with E-state index in [1.807, 2.05) is 13.8 Å². The van der Waals surface area contributed by atoms with Crippen LogP contribution in [0.5, 0.6) is 0 Å². The predicted molar refractivity (Wildman–Crippen MR) is 98.6 cm³/mol. The summed E-state index contributed by atoms with van der Waals surface area (Å²) in [5.74, 6) is 0.658. The molecule has 0 fully saturated rings. The average molecular weight is 387 g/mol. The summed E-state index contributed by atoms with van der Waals surface area (Å²) in [4.78, 5) is 16.1. The van der Waals surface area contributed by atoms with Gasteiger partial charge in [-0.15, -0.1) is 10.2 Å². The molecule has 2 rings (SSSR count). The molecular weight excluding hydrogens is 372 g/mol. The largest absolute Gasteiger partial charge is 0.322 e. The number of pyridine rings is 1. The third-order valence-electron chi connectivity index (χ3n) is 2.49. The number of carbonyl (C=O) groups excluding carboxylic acids is 1. The molecular formula is C14H15ClN4OS3. The monoisotopic (exact) mass is 386 g/mol. The van der Waals surface area contributed by atoms with Crippen molar-refractivity contribution in [3.05, 3.63) is 35.6 Å². The quantitative estimate of drug-likeness (QED) is 0.433. The van der Waals surface area contributed by atoms with Crippen LogP contribution in [0, 0.1) is 0 Å². The Labute approximate surface area is 152 Å². The third kappa shape index (κ3) is 5.80. The summed E-state index contributed by atoms with van der Waals surface area (Å²) in [5, 5.41) is 10.9. The summed E-state index contributed by atoms with van der Waals surface area (Å²) in [6.07, 6.45) is 1.57. The van der Waals surface area contributed by atoms with Crippen molar-refractivity contribution in [1.29, 1.82) is 0 Å². The van der Waals surface area contributed by atoms with Crippen LogP contribution in [0.2, 0.25) is 5.15 Å². The maximum Gasteiger partial charge on any atom is 0.237 e. The Morgan fingerprint density at radius 1 is 1.48 bits per heavy atom. The lowest BCUT2D eigenvalue weighted by Gasteiger charge is -2.10. The molecule has 0 unspecified atom stereocenters. The second-order valence-electron chi connectivity index (χ2n) is 4.67. The van der Waals surface area contributed by atoms with Gasteiger partial charge in [-0.1, -0.05) is 58.6 Å². The number of anilines is 1. The van der Waals surface area contributed by atoms with Gasteiger partial charge in [0.25, 0.3) is 0 Å². The number of aromatic nitrogens is 3. The molecule has 23 heavy (non-hydrogen) atoms. The first-order valence-corrected chi connectivity index (χ1v) is 9.70. The normalized spacial score (nSPS) is 12.0. The Hall–Kier alpha value is -1.09. The van der Waals surface area contributed by atoms with Crippen molar-refractivity contribution in [2.75, 3.05) is 11.1 Å². The molecule has 1 amide bonds. The molecule has 0 aromatic carbocycles. The number of halogens is 1. The van der Waals surface area contributed by atoms with Gasteiger partial charge < -0.3 is 5.32 Å². The molecule has 9 heteroatoms.